The zero-order valence-corrected chi connectivity index (χ0v) is 18.9. The van der Waals surface area contributed by atoms with Crippen molar-refractivity contribution in [3.8, 4) is 5.75 Å². The first kappa shape index (κ1) is 22.0. The lowest BCUT2D eigenvalue weighted by Crippen LogP contribution is -2.16. The fourth-order valence-corrected chi connectivity index (χ4v) is 3.89. The van der Waals surface area contributed by atoms with Gasteiger partial charge in [0.05, 0.1) is 18.6 Å². The maximum absolute atomic E-state index is 12.5. The number of hydrogen-bond acceptors (Lipinski definition) is 6. The number of thioether (sulfide) groups is 1. The van der Waals surface area contributed by atoms with Gasteiger partial charge in [-0.3, -0.25) is 9.36 Å². The summed E-state index contributed by atoms with van der Waals surface area (Å²) in [6.07, 6.45) is 1.62. The van der Waals surface area contributed by atoms with Crippen molar-refractivity contribution in [3.63, 3.8) is 0 Å². The molecule has 0 radical (unpaired) electrons. The summed E-state index contributed by atoms with van der Waals surface area (Å²) < 4.78 is 13.2. The number of carbonyl (C=O) groups is 1. The monoisotopic (exact) mass is 468 g/mol. The molecule has 2 aromatic carbocycles. The number of nitrogens with one attached hydrogen (secondary N) is 1. The fourth-order valence-electron chi connectivity index (χ4n) is 2.96. The van der Waals surface area contributed by atoms with E-state index in [0.29, 0.717) is 28.2 Å². The van der Waals surface area contributed by atoms with Crippen LogP contribution in [0.1, 0.15) is 17.1 Å². The maximum Gasteiger partial charge on any atom is 0.234 e. The molecular weight excluding hydrogens is 448 g/mol. The van der Waals surface area contributed by atoms with Crippen LogP contribution in [-0.2, 0) is 17.9 Å². The van der Waals surface area contributed by atoms with Gasteiger partial charge in [0.1, 0.15) is 18.1 Å². The van der Waals surface area contributed by atoms with Crippen molar-refractivity contribution in [2.75, 3.05) is 11.1 Å². The number of anilines is 1. The van der Waals surface area contributed by atoms with Crippen molar-refractivity contribution in [1.29, 1.82) is 0 Å². The standard InChI is InChI=1S/C23H21ClN4O3S/c1-16-9-10-17(24)12-20(16)25-22(29)15-32-23-27-26-21(14-31-18-6-3-2-4-7-18)28(23)13-19-8-5-11-30-19/h2-12H,13-15H2,1H3,(H,25,29). The minimum atomic E-state index is -0.157. The average molecular weight is 469 g/mol. The van der Waals surface area contributed by atoms with E-state index in [2.05, 4.69) is 15.5 Å². The molecule has 0 bridgehead atoms. The molecule has 1 N–H and O–H groups in total. The van der Waals surface area contributed by atoms with E-state index >= 15 is 0 Å². The number of aromatic nitrogens is 3. The predicted octanol–water partition coefficient (Wildman–Crippen LogP) is 5.19. The second-order valence-electron chi connectivity index (χ2n) is 6.96. The zero-order valence-electron chi connectivity index (χ0n) is 17.3. The van der Waals surface area contributed by atoms with Crippen LogP contribution in [0.25, 0.3) is 0 Å². The molecule has 4 rings (SSSR count). The van der Waals surface area contributed by atoms with Gasteiger partial charge in [-0.2, -0.15) is 0 Å². The molecule has 9 heteroatoms. The number of rotatable bonds is 9. The number of nitrogens with zero attached hydrogens (tertiary/aromatic N) is 3. The van der Waals surface area contributed by atoms with Gasteiger partial charge >= 0.3 is 0 Å². The topological polar surface area (TPSA) is 82.2 Å². The minimum absolute atomic E-state index is 0.157. The van der Waals surface area contributed by atoms with Crippen molar-refractivity contribution in [2.24, 2.45) is 0 Å². The molecule has 7 nitrogen and oxygen atoms in total. The van der Waals surface area contributed by atoms with Crippen molar-refractivity contribution in [1.82, 2.24) is 14.8 Å². The lowest BCUT2D eigenvalue weighted by Gasteiger charge is -2.11. The molecule has 0 fully saturated rings. The van der Waals surface area contributed by atoms with Crippen LogP contribution >= 0.6 is 23.4 Å². The number of halogens is 1. The highest BCUT2D eigenvalue weighted by Crippen LogP contribution is 2.23. The summed E-state index contributed by atoms with van der Waals surface area (Å²) >= 11 is 7.34. The van der Waals surface area contributed by atoms with Crippen LogP contribution < -0.4 is 10.1 Å². The summed E-state index contributed by atoms with van der Waals surface area (Å²) in [5, 5.41) is 12.6. The molecule has 0 unspecified atom stereocenters. The van der Waals surface area contributed by atoms with E-state index in [1.54, 1.807) is 18.4 Å². The molecule has 0 atom stereocenters. The molecule has 0 aliphatic rings. The van der Waals surface area contributed by atoms with Crippen LogP contribution in [-0.4, -0.2) is 26.4 Å². The van der Waals surface area contributed by atoms with Gasteiger partial charge in [0, 0.05) is 10.7 Å². The predicted molar refractivity (Wildman–Crippen MR) is 124 cm³/mol. The summed E-state index contributed by atoms with van der Waals surface area (Å²) in [7, 11) is 0. The van der Waals surface area contributed by atoms with Gasteiger partial charge < -0.3 is 14.5 Å². The second kappa shape index (κ2) is 10.4. The zero-order chi connectivity index (χ0) is 22.3. The number of para-hydroxylation sites is 1. The van der Waals surface area contributed by atoms with E-state index in [1.165, 1.54) is 11.8 Å². The largest absolute Gasteiger partial charge is 0.486 e. The van der Waals surface area contributed by atoms with Gasteiger partial charge in [0.2, 0.25) is 5.91 Å². The molecule has 1 amide bonds. The second-order valence-corrected chi connectivity index (χ2v) is 8.34. The molecule has 32 heavy (non-hydrogen) atoms. The van der Waals surface area contributed by atoms with Crippen LogP contribution in [0.4, 0.5) is 5.69 Å². The smallest absolute Gasteiger partial charge is 0.234 e. The number of aryl methyl sites for hydroxylation is 1. The number of carbonyl (C=O) groups excluding carboxylic acids is 1. The van der Waals surface area contributed by atoms with Gasteiger partial charge in [-0.25, -0.2) is 0 Å². The first-order valence-corrected chi connectivity index (χ1v) is 11.3. The number of ether oxygens (including phenoxy) is 1. The number of amides is 1. The third-order valence-corrected chi connectivity index (χ3v) is 5.81. The Labute approximate surface area is 194 Å². The third kappa shape index (κ3) is 5.72. The molecule has 0 aliphatic carbocycles. The minimum Gasteiger partial charge on any atom is -0.486 e. The van der Waals surface area contributed by atoms with Crippen LogP contribution in [0.2, 0.25) is 5.02 Å². The maximum atomic E-state index is 12.5. The summed E-state index contributed by atoms with van der Waals surface area (Å²) in [5.74, 6) is 2.15. The van der Waals surface area contributed by atoms with E-state index in [0.717, 1.165) is 17.1 Å². The molecule has 0 aliphatic heterocycles. The van der Waals surface area contributed by atoms with Gasteiger partial charge in [0.15, 0.2) is 11.0 Å². The van der Waals surface area contributed by atoms with Crippen LogP contribution in [0, 0.1) is 6.92 Å². The molecule has 2 heterocycles. The van der Waals surface area contributed by atoms with Crippen LogP contribution in [0.5, 0.6) is 5.75 Å². The van der Waals surface area contributed by atoms with E-state index in [1.807, 2.05) is 60.0 Å². The lowest BCUT2D eigenvalue weighted by atomic mass is 10.2. The van der Waals surface area contributed by atoms with E-state index < -0.39 is 0 Å². The fraction of sp³-hybridized carbons (Fsp3) is 0.174. The lowest BCUT2D eigenvalue weighted by molar-refractivity contribution is -0.113. The Morgan fingerprint density at radius 3 is 2.78 bits per heavy atom. The van der Waals surface area contributed by atoms with E-state index in [-0.39, 0.29) is 18.3 Å². The van der Waals surface area contributed by atoms with E-state index in [4.69, 9.17) is 20.8 Å². The quantitative estimate of drug-likeness (QED) is 0.340. The highest BCUT2D eigenvalue weighted by molar-refractivity contribution is 7.99. The number of benzene rings is 2. The molecule has 0 spiro atoms. The Bertz CT molecular complexity index is 1180. The molecule has 2 aromatic heterocycles. The van der Waals surface area contributed by atoms with Crippen molar-refractivity contribution in [3.05, 3.63) is 89.1 Å². The third-order valence-electron chi connectivity index (χ3n) is 4.60. The summed E-state index contributed by atoms with van der Waals surface area (Å²) in [4.78, 5) is 12.5. The van der Waals surface area contributed by atoms with Gasteiger partial charge in [-0.15, -0.1) is 10.2 Å². The Morgan fingerprint density at radius 2 is 2.00 bits per heavy atom. The first-order valence-electron chi connectivity index (χ1n) is 9.89. The molecule has 4 aromatic rings. The highest BCUT2D eigenvalue weighted by Gasteiger charge is 2.17. The Morgan fingerprint density at radius 1 is 1.16 bits per heavy atom. The van der Waals surface area contributed by atoms with Crippen molar-refractivity contribution < 1.29 is 13.9 Å². The average Bonchev–Trinajstić information content (AvgIpc) is 3.44. The van der Waals surface area contributed by atoms with Gasteiger partial charge in [-0.05, 0) is 48.9 Å². The SMILES string of the molecule is Cc1ccc(Cl)cc1NC(=O)CSc1nnc(COc2ccccc2)n1Cc1ccco1. The van der Waals surface area contributed by atoms with Crippen LogP contribution in [0.3, 0.4) is 0 Å². The Balaban J connectivity index is 1.45. The first-order chi connectivity index (χ1) is 15.6. The Kier molecular flexibility index (Phi) is 7.14. The normalized spacial score (nSPS) is 10.8. The Hall–Kier alpha value is -3.23. The number of hydrogen-bond donors (Lipinski definition) is 1. The van der Waals surface area contributed by atoms with Crippen molar-refractivity contribution in [2.45, 2.75) is 25.2 Å². The molecule has 164 valence electrons. The number of furan rings is 1. The van der Waals surface area contributed by atoms with Gasteiger partial charge in [-0.1, -0.05) is 47.6 Å². The summed E-state index contributed by atoms with van der Waals surface area (Å²) in [6.45, 7) is 2.59. The molecular formula is C23H21ClN4O3S. The highest BCUT2D eigenvalue weighted by atomic mass is 35.5. The van der Waals surface area contributed by atoms with E-state index in [9.17, 15) is 4.79 Å². The van der Waals surface area contributed by atoms with Crippen LogP contribution in [0.15, 0.2) is 76.5 Å². The van der Waals surface area contributed by atoms with Crippen molar-refractivity contribution >= 4 is 35.0 Å². The van der Waals surface area contributed by atoms with Gasteiger partial charge in [0.25, 0.3) is 0 Å². The summed E-state index contributed by atoms with van der Waals surface area (Å²) in [6, 6.07) is 18.6. The molecule has 0 saturated carbocycles. The molecule has 0 saturated heterocycles. The summed E-state index contributed by atoms with van der Waals surface area (Å²) in [5.41, 5.74) is 1.63.